The Kier molecular flexibility index (Phi) is 3.12. The summed E-state index contributed by atoms with van der Waals surface area (Å²) in [6.45, 7) is 4.80. The number of nitrogens with two attached hydrogens (primary N) is 1. The summed E-state index contributed by atoms with van der Waals surface area (Å²) in [4.78, 5) is 4.46. The van der Waals surface area contributed by atoms with Crippen molar-refractivity contribution in [1.29, 1.82) is 0 Å². The summed E-state index contributed by atoms with van der Waals surface area (Å²) >= 11 is 5.89. The number of halogens is 1. The van der Waals surface area contributed by atoms with Gasteiger partial charge in [-0.1, -0.05) is 25.4 Å². The van der Waals surface area contributed by atoms with E-state index < -0.39 is 0 Å². The van der Waals surface area contributed by atoms with E-state index in [0.717, 1.165) is 11.5 Å². The Morgan fingerprint density at radius 2 is 2.19 bits per heavy atom. The molecule has 0 aliphatic heterocycles. The van der Waals surface area contributed by atoms with Crippen LogP contribution in [0.1, 0.15) is 25.6 Å². The lowest BCUT2D eigenvalue weighted by Crippen LogP contribution is -2.19. The Morgan fingerprint density at radius 1 is 1.44 bits per heavy atom. The second kappa shape index (κ2) is 4.39. The van der Waals surface area contributed by atoms with Gasteiger partial charge in [-0.25, -0.2) is 9.50 Å². The van der Waals surface area contributed by atoms with Gasteiger partial charge in [0.2, 0.25) is 0 Å². The third-order valence-corrected chi connectivity index (χ3v) is 2.93. The lowest BCUT2D eigenvalue weighted by Gasteiger charge is -2.14. The van der Waals surface area contributed by atoms with Crippen LogP contribution in [0.3, 0.4) is 0 Å². The van der Waals surface area contributed by atoms with Crippen LogP contribution in [-0.4, -0.2) is 21.1 Å². The van der Waals surface area contributed by atoms with E-state index in [-0.39, 0.29) is 5.92 Å². The Morgan fingerprint density at radius 3 is 2.81 bits per heavy atom. The molecular weight excluding hydrogens is 224 g/mol. The lowest BCUT2D eigenvalue weighted by atomic mass is 9.95. The molecule has 0 fully saturated rings. The summed E-state index contributed by atoms with van der Waals surface area (Å²) in [5.41, 5.74) is 6.55. The van der Waals surface area contributed by atoms with Crippen LogP contribution in [0.25, 0.3) is 5.65 Å². The predicted molar refractivity (Wildman–Crippen MR) is 64.6 cm³/mol. The first-order chi connectivity index (χ1) is 7.61. The molecular formula is C11H15ClN4. The van der Waals surface area contributed by atoms with Gasteiger partial charge in [0.25, 0.3) is 0 Å². The predicted octanol–water partition coefficient (Wildman–Crippen LogP) is 2.08. The normalized spacial score (nSPS) is 13.6. The molecule has 0 saturated heterocycles. The average molecular weight is 239 g/mol. The van der Waals surface area contributed by atoms with Crippen LogP contribution in [0.2, 0.25) is 5.02 Å². The van der Waals surface area contributed by atoms with E-state index in [0.29, 0.717) is 17.5 Å². The van der Waals surface area contributed by atoms with E-state index in [9.17, 15) is 0 Å². The first kappa shape index (κ1) is 11.4. The minimum absolute atomic E-state index is 0.193. The second-order valence-corrected chi connectivity index (χ2v) is 4.64. The summed E-state index contributed by atoms with van der Waals surface area (Å²) in [6.07, 6.45) is 1.75. The molecule has 16 heavy (non-hydrogen) atoms. The number of pyridine rings is 1. The molecule has 86 valence electrons. The fourth-order valence-electron chi connectivity index (χ4n) is 1.71. The van der Waals surface area contributed by atoms with E-state index in [4.69, 9.17) is 17.3 Å². The van der Waals surface area contributed by atoms with Gasteiger partial charge in [-0.15, -0.1) is 0 Å². The van der Waals surface area contributed by atoms with E-state index >= 15 is 0 Å². The maximum absolute atomic E-state index is 5.89. The van der Waals surface area contributed by atoms with E-state index in [1.54, 1.807) is 10.7 Å². The van der Waals surface area contributed by atoms with Gasteiger partial charge in [-0.2, -0.15) is 5.10 Å². The Balaban J connectivity index is 2.45. The first-order valence-electron chi connectivity index (χ1n) is 5.33. The van der Waals surface area contributed by atoms with E-state index in [2.05, 4.69) is 23.9 Å². The van der Waals surface area contributed by atoms with Crippen molar-refractivity contribution >= 4 is 17.2 Å². The molecule has 1 atom stereocenters. The molecule has 0 bridgehead atoms. The molecule has 0 spiro atoms. The van der Waals surface area contributed by atoms with Gasteiger partial charge in [0.15, 0.2) is 11.5 Å². The number of aromatic nitrogens is 3. The van der Waals surface area contributed by atoms with Gasteiger partial charge in [0.1, 0.15) is 0 Å². The quantitative estimate of drug-likeness (QED) is 0.891. The molecule has 0 aromatic carbocycles. The Bertz CT molecular complexity index is 492. The van der Waals surface area contributed by atoms with Crippen LogP contribution in [0.4, 0.5) is 0 Å². The highest BCUT2D eigenvalue weighted by molar-refractivity contribution is 6.30. The van der Waals surface area contributed by atoms with Crippen LogP contribution >= 0.6 is 11.6 Å². The fourth-order valence-corrected chi connectivity index (χ4v) is 1.86. The third kappa shape index (κ3) is 2.03. The molecule has 0 aliphatic rings. The van der Waals surface area contributed by atoms with E-state index in [1.807, 2.05) is 12.1 Å². The van der Waals surface area contributed by atoms with Crippen molar-refractivity contribution in [3.63, 3.8) is 0 Å². The number of nitrogens with zero attached hydrogens (tertiary/aromatic N) is 3. The number of rotatable bonds is 3. The third-order valence-electron chi connectivity index (χ3n) is 2.70. The molecule has 0 amide bonds. The van der Waals surface area contributed by atoms with Crippen LogP contribution in [0, 0.1) is 5.92 Å². The van der Waals surface area contributed by atoms with Crippen LogP contribution < -0.4 is 5.73 Å². The zero-order chi connectivity index (χ0) is 11.7. The molecule has 2 heterocycles. The van der Waals surface area contributed by atoms with Gasteiger partial charge >= 0.3 is 0 Å². The van der Waals surface area contributed by atoms with Crippen molar-refractivity contribution in [3.8, 4) is 0 Å². The van der Waals surface area contributed by atoms with Crippen molar-refractivity contribution in [2.45, 2.75) is 19.8 Å². The van der Waals surface area contributed by atoms with Gasteiger partial charge in [-0.3, -0.25) is 0 Å². The summed E-state index contributed by atoms with van der Waals surface area (Å²) in [6, 6.07) is 3.66. The highest BCUT2D eigenvalue weighted by Crippen LogP contribution is 2.21. The minimum Gasteiger partial charge on any atom is -0.330 e. The van der Waals surface area contributed by atoms with Crippen molar-refractivity contribution in [2.24, 2.45) is 11.7 Å². The second-order valence-electron chi connectivity index (χ2n) is 4.21. The average Bonchev–Trinajstić information content (AvgIpc) is 2.60. The number of fused-ring (bicyclic) bond motifs is 1. The zero-order valence-corrected chi connectivity index (χ0v) is 10.1. The van der Waals surface area contributed by atoms with Gasteiger partial charge in [-0.05, 0) is 18.1 Å². The molecule has 1 unspecified atom stereocenters. The highest BCUT2D eigenvalue weighted by atomic mass is 35.5. The molecule has 0 aliphatic carbocycles. The molecule has 2 aromatic rings. The molecule has 2 N–H and O–H groups in total. The SMILES string of the molecule is CC(C)C(CN)c1nc2ccc(Cl)cn2n1. The summed E-state index contributed by atoms with van der Waals surface area (Å²) in [5.74, 6) is 1.41. The van der Waals surface area contributed by atoms with Crippen LogP contribution in [0.5, 0.6) is 0 Å². The number of hydrogen-bond acceptors (Lipinski definition) is 3. The monoisotopic (exact) mass is 238 g/mol. The standard InChI is InChI=1S/C11H15ClN4/c1-7(2)9(5-13)11-14-10-4-3-8(12)6-16(10)15-11/h3-4,6-7,9H,5,13H2,1-2H3. The fraction of sp³-hybridized carbons (Fsp3) is 0.455. The summed E-state index contributed by atoms with van der Waals surface area (Å²) in [5, 5.41) is 5.06. The molecule has 0 radical (unpaired) electrons. The van der Waals surface area contributed by atoms with Crippen molar-refractivity contribution in [1.82, 2.24) is 14.6 Å². The molecule has 5 heteroatoms. The van der Waals surface area contributed by atoms with Crippen molar-refractivity contribution < 1.29 is 0 Å². The maximum atomic E-state index is 5.89. The minimum atomic E-state index is 0.193. The maximum Gasteiger partial charge on any atom is 0.156 e. The van der Waals surface area contributed by atoms with Gasteiger partial charge in [0.05, 0.1) is 5.02 Å². The smallest absolute Gasteiger partial charge is 0.156 e. The highest BCUT2D eigenvalue weighted by Gasteiger charge is 2.19. The van der Waals surface area contributed by atoms with Crippen molar-refractivity contribution in [2.75, 3.05) is 6.54 Å². The zero-order valence-electron chi connectivity index (χ0n) is 9.39. The Hall–Kier alpha value is -1.13. The molecule has 4 nitrogen and oxygen atoms in total. The van der Waals surface area contributed by atoms with E-state index in [1.165, 1.54) is 0 Å². The molecule has 2 aromatic heterocycles. The lowest BCUT2D eigenvalue weighted by molar-refractivity contribution is 0.483. The largest absolute Gasteiger partial charge is 0.330 e. The van der Waals surface area contributed by atoms with Gasteiger partial charge in [0, 0.05) is 18.7 Å². The van der Waals surface area contributed by atoms with Crippen LogP contribution in [0.15, 0.2) is 18.3 Å². The van der Waals surface area contributed by atoms with Gasteiger partial charge < -0.3 is 5.73 Å². The number of hydrogen-bond donors (Lipinski definition) is 1. The molecule has 0 saturated carbocycles. The summed E-state index contributed by atoms with van der Waals surface area (Å²) < 4.78 is 1.70. The topological polar surface area (TPSA) is 56.2 Å². The van der Waals surface area contributed by atoms with Crippen molar-refractivity contribution in [3.05, 3.63) is 29.2 Å². The summed E-state index contributed by atoms with van der Waals surface area (Å²) in [7, 11) is 0. The first-order valence-corrected chi connectivity index (χ1v) is 5.71. The van der Waals surface area contributed by atoms with Crippen LogP contribution in [-0.2, 0) is 0 Å². The molecule has 2 rings (SSSR count). The Labute approximate surface area is 99.4 Å².